The molecule has 1 saturated heterocycles. The molecule has 0 radical (unpaired) electrons. The van der Waals surface area contributed by atoms with Gasteiger partial charge in [-0.15, -0.1) is 0 Å². The Balaban J connectivity index is 2.50. The molecule has 15 heavy (non-hydrogen) atoms. The van der Waals surface area contributed by atoms with Crippen LogP contribution in [0.3, 0.4) is 0 Å². The van der Waals surface area contributed by atoms with E-state index < -0.39 is 11.4 Å². The van der Waals surface area contributed by atoms with Gasteiger partial charge in [0.1, 0.15) is 5.54 Å². The predicted octanol–water partition coefficient (Wildman–Crippen LogP) is -0.708. The second kappa shape index (κ2) is 4.48. The van der Waals surface area contributed by atoms with Gasteiger partial charge in [0.2, 0.25) is 5.91 Å². The first-order chi connectivity index (χ1) is 6.93. The van der Waals surface area contributed by atoms with Crippen LogP contribution >= 0.6 is 0 Å². The number of rotatable bonds is 2. The number of nitrogens with two attached hydrogens (primary N) is 1. The van der Waals surface area contributed by atoms with E-state index in [2.05, 4.69) is 5.32 Å². The Labute approximate surface area is 88.7 Å². The van der Waals surface area contributed by atoms with E-state index >= 15 is 0 Å². The zero-order valence-electron chi connectivity index (χ0n) is 9.08. The highest BCUT2D eigenvalue weighted by Gasteiger charge is 2.29. The number of amides is 3. The maximum Gasteiger partial charge on any atom is 0.318 e. The molecule has 6 heteroatoms. The lowest BCUT2D eigenvalue weighted by atomic mass is 10.1. The van der Waals surface area contributed by atoms with E-state index in [0.717, 1.165) is 0 Å². The molecule has 0 aliphatic carbocycles. The first-order valence-electron chi connectivity index (χ1n) is 4.88. The molecule has 1 rings (SSSR count). The highest BCUT2D eigenvalue weighted by Crippen LogP contribution is 2.04. The third-order valence-electron chi connectivity index (χ3n) is 2.33. The molecule has 3 N–H and O–H groups in total. The molecular formula is C9H17N3O3. The number of primary amides is 1. The second-order valence-electron chi connectivity index (χ2n) is 4.02. The van der Waals surface area contributed by atoms with Crippen molar-refractivity contribution in [2.45, 2.75) is 19.4 Å². The van der Waals surface area contributed by atoms with Gasteiger partial charge in [-0.3, -0.25) is 4.79 Å². The fourth-order valence-corrected chi connectivity index (χ4v) is 1.17. The molecular weight excluding hydrogens is 198 g/mol. The number of urea groups is 1. The molecule has 0 aromatic rings. The third kappa shape index (κ3) is 3.09. The van der Waals surface area contributed by atoms with Crippen LogP contribution in [0.2, 0.25) is 0 Å². The molecule has 0 atom stereocenters. The number of nitrogens with one attached hydrogen (secondary N) is 1. The summed E-state index contributed by atoms with van der Waals surface area (Å²) >= 11 is 0. The molecule has 0 aromatic heterocycles. The summed E-state index contributed by atoms with van der Waals surface area (Å²) in [5.74, 6) is -0.552. The number of carbonyl (C=O) groups excluding carboxylic acids is 2. The van der Waals surface area contributed by atoms with E-state index in [0.29, 0.717) is 26.3 Å². The predicted molar refractivity (Wildman–Crippen MR) is 54.2 cm³/mol. The summed E-state index contributed by atoms with van der Waals surface area (Å²) < 4.78 is 5.11. The molecule has 1 aliphatic heterocycles. The van der Waals surface area contributed by atoms with Crippen LogP contribution in [0.15, 0.2) is 0 Å². The summed E-state index contributed by atoms with van der Waals surface area (Å²) in [6.45, 7) is 5.30. The number of morpholine rings is 1. The van der Waals surface area contributed by atoms with Crippen molar-refractivity contribution in [1.82, 2.24) is 10.2 Å². The first-order valence-corrected chi connectivity index (χ1v) is 4.88. The average molecular weight is 215 g/mol. The van der Waals surface area contributed by atoms with Crippen molar-refractivity contribution in [3.8, 4) is 0 Å². The topological polar surface area (TPSA) is 84.7 Å². The Kier molecular flexibility index (Phi) is 3.52. The smallest absolute Gasteiger partial charge is 0.318 e. The third-order valence-corrected chi connectivity index (χ3v) is 2.33. The van der Waals surface area contributed by atoms with E-state index in [9.17, 15) is 9.59 Å². The molecule has 86 valence electrons. The van der Waals surface area contributed by atoms with Crippen LogP contribution in [-0.2, 0) is 9.53 Å². The van der Waals surface area contributed by atoms with Crippen LogP contribution in [0, 0.1) is 0 Å². The normalized spacial score (nSPS) is 17.3. The molecule has 6 nitrogen and oxygen atoms in total. The van der Waals surface area contributed by atoms with Crippen molar-refractivity contribution in [2.24, 2.45) is 5.73 Å². The fraction of sp³-hybridized carbons (Fsp3) is 0.778. The molecule has 0 bridgehead atoms. The quantitative estimate of drug-likeness (QED) is 0.638. The van der Waals surface area contributed by atoms with Gasteiger partial charge in [0.15, 0.2) is 0 Å². The lowest BCUT2D eigenvalue weighted by Gasteiger charge is -2.31. The van der Waals surface area contributed by atoms with Gasteiger partial charge in [-0.2, -0.15) is 0 Å². The molecule has 0 aromatic carbocycles. The number of carbonyl (C=O) groups is 2. The van der Waals surface area contributed by atoms with Crippen LogP contribution in [0.1, 0.15) is 13.8 Å². The van der Waals surface area contributed by atoms with Crippen LogP contribution < -0.4 is 11.1 Å². The van der Waals surface area contributed by atoms with Gasteiger partial charge in [0.25, 0.3) is 0 Å². The Bertz CT molecular complexity index is 259. The van der Waals surface area contributed by atoms with E-state index in [1.54, 1.807) is 18.7 Å². The minimum absolute atomic E-state index is 0.276. The van der Waals surface area contributed by atoms with Gasteiger partial charge in [0.05, 0.1) is 13.2 Å². The standard InChI is InChI=1S/C9H17N3O3/c1-9(2,7(10)13)11-8(14)12-3-5-15-6-4-12/h3-6H2,1-2H3,(H2,10,13)(H,11,14). The summed E-state index contributed by atoms with van der Waals surface area (Å²) in [5, 5.41) is 2.58. The molecule has 1 heterocycles. The minimum Gasteiger partial charge on any atom is -0.378 e. The SMILES string of the molecule is CC(C)(NC(=O)N1CCOCC1)C(N)=O. The molecule has 3 amide bonds. The van der Waals surface area contributed by atoms with Crippen LogP contribution in [0.25, 0.3) is 0 Å². The first kappa shape index (κ1) is 11.8. The van der Waals surface area contributed by atoms with Crippen LogP contribution in [0.5, 0.6) is 0 Å². The summed E-state index contributed by atoms with van der Waals surface area (Å²) in [6.07, 6.45) is 0. The van der Waals surface area contributed by atoms with Gasteiger partial charge in [-0.05, 0) is 13.8 Å². The highest BCUT2D eigenvalue weighted by atomic mass is 16.5. The fourth-order valence-electron chi connectivity index (χ4n) is 1.17. The summed E-state index contributed by atoms with van der Waals surface area (Å²) in [5.41, 5.74) is 4.13. The van der Waals surface area contributed by atoms with Gasteiger partial charge in [-0.25, -0.2) is 4.79 Å². The summed E-state index contributed by atoms with van der Waals surface area (Å²) in [7, 11) is 0. The number of nitrogens with zero attached hydrogens (tertiary/aromatic N) is 1. The molecule has 1 aliphatic rings. The van der Waals surface area contributed by atoms with Crippen molar-refractivity contribution in [1.29, 1.82) is 0 Å². The maximum absolute atomic E-state index is 11.7. The monoisotopic (exact) mass is 215 g/mol. The van der Waals surface area contributed by atoms with Crippen molar-refractivity contribution < 1.29 is 14.3 Å². The lowest BCUT2D eigenvalue weighted by molar-refractivity contribution is -0.122. The van der Waals surface area contributed by atoms with Crippen LogP contribution in [0.4, 0.5) is 4.79 Å². The highest BCUT2D eigenvalue weighted by molar-refractivity contribution is 5.89. The Morgan fingerprint density at radius 1 is 1.33 bits per heavy atom. The largest absolute Gasteiger partial charge is 0.378 e. The van der Waals surface area contributed by atoms with Gasteiger partial charge >= 0.3 is 6.03 Å². The van der Waals surface area contributed by atoms with E-state index in [1.807, 2.05) is 0 Å². The van der Waals surface area contributed by atoms with E-state index in [4.69, 9.17) is 10.5 Å². The Morgan fingerprint density at radius 3 is 2.33 bits per heavy atom. The van der Waals surface area contributed by atoms with Gasteiger partial charge in [0, 0.05) is 13.1 Å². The number of hydrogen-bond donors (Lipinski definition) is 2. The van der Waals surface area contributed by atoms with Gasteiger partial charge in [-0.1, -0.05) is 0 Å². The van der Waals surface area contributed by atoms with Crippen molar-refractivity contribution in [3.05, 3.63) is 0 Å². The van der Waals surface area contributed by atoms with Gasteiger partial charge < -0.3 is 20.7 Å². The molecule has 0 saturated carbocycles. The molecule has 0 spiro atoms. The zero-order valence-corrected chi connectivity index (χ0v) is 9.08. The number of hydrogen-bond acceptors (Lipinski definition) is 3. The van der Waals surface area contributed by atoms with Crippen molar-refractivity contribution in [2.75, 3.05) is 26.3 Å². The minimum atomic E-state index is -1.02. The average Bonchev–Trinajstić information content (AvgIpc) is 2.18. The number of ether oxygens (including phenoxy) is 1. The molecule has 1 fully saturated rings. The Hall–Kier alpha value is -1.30. The summed E-state index contributed by atoms with van der Waals surface area (Å²) in [6, 6.07) is -0.276. The van der Waals surface area contributed by atoms with Crippen molar-refractivity contribution >= 4 is 11.9 Å². The second-order valence-corrected chi connectivity index (χ2v) is 4.02. The van der Waals surface area contributed by atoms with E-state index in [-0.39, 0.29) is 6.03 Å². The van der Waals surface area contributed by atoms with Crippen LogP contribution in [-0.4, -0.2) is 48.7 Å². The molecule has 0 unspecified atom stereocenters. The summed E-state index contributed by atoms with van der Waals surface area (Å²) in [4.78, 5) is 24.3. The zero-order chi connectivity index (χ0) is 11.5. The lowest BCUT2D eigenvalue weighted by Crippen LogP contribution is -2.58. The maximum atomic E-state index is 11.7. The van der Waals surface area contributed by atoms with Crippen molar-refractivity contribution in [3.63, 3.8) is 0 Å². The van der Waals surface area contributed by atoms with E-state index in [1.165, 1.54) is 0 Å². The Morgan fingerprint density at radius 2 is 1.87 bits per heavy atom.